The third-order valence-electron chi connectivity index (χ3n) is 5.69. The number of furan rings is 1. The maximum Gasteiger partial charge on any atom is 0.416 e. The minimum absolute atomic E-state index is 0.00974. The average molecular weight is 484 g/mol. The van der Waals surface area contributed by atoms with E-state index in [4.69, 9.17) is 4.42 Å². The smallest absolute Gasteiger partial charge is 0.416 e. The summed E-state index contributed by atoms with van der Waals surface area (Å²) >= 11 is 0. The number of carbonyl (C=O) groups excluding carboxylic acids is 1. The standard InChI is InChI=1S/C25H23F3N4O3/c1-3-21(22-30-20-12-5-4-11-19(20)23(33)31(22)2)32(15-18-10-7-13-35-18)24(34)29-17-9-6-8-16(14-17)25(26,27)28/h4-14,21H,3,15H2,1-2H3,(H,29,34). The molecular formula is C25H23F3N4O3. The van der Waals surface area contributed by atoms with E-state index < -0.39 is 23.8 Å². The molecular weight excluding hydrogens is 461 g/mol. The second kappa shape index (κ2) is 9.65. The summed E-state index contributed by atoms with van der Waals surface area (Å²) in [5, 5.41) is 3.00. The zero-order chi connectivity index (χ0) is 25.2. The van der Waals surface area contributed by atoms with Gasteiger partial charge in [-0.3, -0.25) is 9.36 Å². The lowest BCUT2D eigenvalue weighted by atomic mass is 10.1. The number of nitrogens with zero attached hydrogens (tertiary/aromatic N) is 3. The molecule has 182 valence electrons. The van der Waals surface area contributed by atoms with Gasteiger partial charge in [-0.25, -0.2) is 9.78 Å². The van der Waals surface area contributed by atoms with Crippen LogP contribution >= 0.6 is 0 Å². The van der Waals surface area contributed by atoms with Crippen LogP contribution in [0.2, 0.25) is 0 Å². The maximum absolute atomic E-state index is 13.4. The highest BCUT2D eigenvalue weighted by Crippen LogP contribution is 2.31. The number of fused-ring (bicyclic) bond motifs is 1. The largest absolute Gasteiger partial charge is 0.467 e. The number of hydrogen-bond acceptors (Lipinski definition) is 4. The number of nitrogens with one attached hydrogen (secondary N) is 1. The van der Waals surface area contributed by atoms with E-state index in [0.717, 1.165) is 12.1 Å². The number of benzene rings is 2. The van der Waals surface area contributed by atoms with Crippen molar-refractivity contribution >= 4 is 22.6 Å². The fourth-order valence-electron chi connectivity index (χ4n) is 3.94. The van der Waals surface area contributed by atoms with Gasteiger partial charge in [-0.15, -0.1) is 0 Å². The van der Waals surface area contributed by atoms with Gasteiger partial charge in [0, 0.05) is 12.7 Å². The molecule has 0 spiro atoms. The van der Waals surface area contributed by atoms with Crippen LogP contribution in [0.3, 0.4) is 0 Å². The van der Waals surface area contributed by atoms with Gasteiger partial charge in [-0.2, -0.15) is 13.2 Å². The number of aromatic nitrogens is 2. The number of urea groups is 1. The summed E-state index contributed by atoms with van der Waals surface area (Å²) in [5.41, 5.74) is -0.663. The van der Waals surface area contributed by atoms with Gasteiger partial charge in [0.15, 0.2) is 0 Å². The molecule has 35 heavy (non-hydrogen) atoms. The van der Waals surface area contributed by atoms with Crippen LogP contribution in [-0.4, -0.2) is 20.5 Å². The highest BCUT2D eigenvalue weighted by atomic mass is 19.4. The number of halogens is 3. The van der Waals surface area contributed by atoms with Crippen molar-refractivity contribution in [3.63, 3.8) is 0 Å². The molecule has 2 amide bonds. The van der Waals surface area contributed by atoms with Crippen LogP contribution in [0.15, 0.2) is 76.1 Å². The lowest BCUT2D eigenvalue weighted by Crippen LogP contribution is -2.40. The van der Waals surface area contributed by atoms with E-state index in [1.54, 1.807) is 43.4 Å². The molecule has 10 heteroatoms. The first-order chi connectivity index (χ1) is 16.7. The monoisotopic (exact) mass is 484 g/mol. The molecule has 0 aliphatic carbocycles. The summed E-state index contributed by atoms with van der Waals surface area (Å²) in [4.78, 5) is 32.4. The molecule has 4 rings (SSSR count). The molecule has 4 aromatic rings. The SMILES string of the molecule is CCC(c1nc2ccccc2c(=O)n1C)N(Cc1ccco1)C(=O)Nc1cccc(C(F)(F)F)c1. The average Bonchev–Trinajstić information content (AvgIpc) is 3.35. The summed E-state index contributed by atoms with van der Waals surface area (Å²) in [6.45, 7) is 1.84. The van der Waals surface area contributed by atoms with E-state index in [-0.39, 0.29) is 17.8 Å². The second-order valence-corrected chi connectivity index (χ2v) is 7.99. The Morgan fingerprint density at radius 3 is 2.60 bits per heavy atom. The summed E-state index contributed by atoms with van der Waals surface area (Å²) in [7, 11) is 1.58. The Kier molecular flexibility index (Phi) is 6.63. The minimum Gasteiger partial charge on any atom is -0.467 e. The fourth-order valence-corrected chi connectivity index (χ4v) is 3.94. The Hall–Kier alpha value is -4.08. The molecule has 2 aromatic heterocycles. The van der Waals surface area contributed by atoms with Gasteiger partial charge in [-0.1, -0.05) is 25.1 Å². The normalized spacial score (nSPS) is 12.5. The Labute approximate surface area is 198 Å². The van der Waals surface area contributed by atoms with Crippen LogP contribution in [0.5, 0.6) is 0 Å². The van der Waals surface area contributed by atoms with Crippen molar-refractivity contribution in [3.8, 4) is 0 Å². The van der Waals surface area contributed by atoms with Crippen molar-refractivity contribution < 1.29 is 22.4 Å². The van der Waals surface area contributed by atoms with Crippen molar-refractivity contribution in [3.05, 3.63) is 94.4 Å². The molecule has 2 aromatic carbocycles. The molecule has 0 radical (unpaired) electrons. The summed E-state index contributed by atoms with van der Waals surface area (Å²) < 4.78 is 46.3. The number of alkyl halides is 3. The van der Waals surface area contributed by atoms with E-state index in [2.05, 4.69) is 10.3 Å². The van der Waals surface area contributed by atoms with Crippen molar-refractivity contribution in [2.24, 2.45) is 7.05 Å². The van der Waals surface area contributed by atoms with Gasteiger partial charge < -0.3 is 14.6 Å². The van der Waals surface area contributed by atoms with Crippen LogP contribution in [0.25, 0.3) is 10.9 Å². The molecule has 0 bridgehead atoms. The fraction of sp³-hybridized carbons (Fsp3) is 0.240. The highest BCUT2D eigenvalue weighted by molar-refractivity contribution is 5.89. The van der Waals surface area contributed by atoms with Crippen LogP contribution < -0.4 is 10.9 Å². The summed E-state index contributed by atoms with van der Waals surface area (Å²) in [6, 6.07) is 13.3. The van der Waals surface area contributed by atoms with Gasteiger partial charge in [0.2, 0.25) is 0 Å². The topological polar surface area (TPSA) is 80.4 Å². The number of amides is 2. The van der Waals surface area contributed by atoms with Crippen LogP contribution in [0.1, 0.15) is 36.5 Å². The third kappa shape index (κ3) is 5.06. The van der Waals surface area contributed by atoms with Crippen LogP contribution in [0.4, 0.5) is 23.7 Å². The molecule has 0 saturated carbocycles. The van der Waals surface area contributed by atoms with Gasteiger partial charge in [0.1, 0.15) is 11.6 Å². The summed E-state index contributed by atoms with van der Waals surface area (Å²) in [6.07, 6.45) is -2.70. The van der Waals surface area contributed by atoms with Gasteiger partial charge in [0.05, 0.1) is 35.3 Å². The van der Waals surface area contributed by atoms with Crippen LogP contribution in [-0.2, 0) is 19.8 Å². The number of carbonyl (C=O) groups is 1. The number of anilines is 1. The first-order valence-corrected chi connectivity index (χ1v) is 10.9. The maximum atomic E-state index is 13.4. The highest BCUT2D eigenvalue weighted by Gasteiger charge is 2.32. The van der Waals surface area contributed by atoms with Crippen molar-refractivity contribution in [2.75, 3.05) is 5.32 Å². The second-order valence-electron chi connectivity index (χ2n) is 7.99. The van der Waals surface area contributed by atoms with E-state index in [0.29, 0.717) is 28.9 Å². The Balaban J connectivity index is 1.74. The van der Waals surface area contributed by atoms with Crippen molar-refractivity contribution in [1.29, 1.82) is 0 Å². The van der Waals surface area contributed by atoms with Crippen LogP contribution in [0, 0.1) is 0 Å². The first kappa shape index (κ1) is 24.1. The summed E-state index contributed by atoms with van der Waals surface area (Å²) in [5.74, 6) is 0.815. The quantitative estimate of drug-likeness (QED) is 0.379. The molecule has 0 saturated heterocycles. The van der Waals surface area contributed by atoms with E-state index in [1.165, 1.54) is 27.9 Å². The molecule has 0 aliphatic rings. The Bertz CT molecular complexity index is 1400. The van der Waals surface area contributed by atoms with Crippen molar-refractivity contribution in [1.82, 2.24) is 14.5 Å². The van der Waals surface area contributed by atoms with Gasteiger partial charge in [-0.05, 0) is 48.9 Å². The van der Waals surface area contributed by atoms with Gasteiger partial charge >= 0.3 is 12.2 Å². The lowest BCUT2D eigenvalue weighted by molar-refractivity contribution is -0.137. The zero-order valence-electron chi connectivity index (χ0n) is 19.0. The molecule has 1 atom stereocenters. The number of rotatable bonds is 6. The number of hydrogen-bond donors (Lipinski definition) is 1. The minimum atomic E-state index is -4.55. The number of para-hydroxylation sites is 1. The lowest BCUT2D eigenvalue weighted by Gasteiger charge is -2.31. The first-order valence-electron chi connectivity index (χ1n) is 10.9. The third-order valence-corrected chi connectivity index (χ3v) is 5.69. The molecule has 1 unspecified atom stereocenters. The van der Waals surface area contributed by atoms with E-state index in [9.17, 15) is 22.8 Å². The molecule has 0 fully saturated rings. The Morgan fingerprint density at radius 2 is 1.91 bits per heavy atom. The van der Waals surface area contributed by atoms with E-state index in [1.807, 2.05) is 6.92 Å². The zero-order valence-corrected chi connectivity index (χ0v) is 19.0. The van der Waals surface area contributed by atoms with Gasteiger partial charge in [0.25, 0.3) is 5.56 Å². The Morgan fingerprint density at radius 1 is 1.14 bits per heavy atom. The predicted molar refractivity (Wildman–Crippen MR) is 125 cm³/mol. The molecule has 0 aliphatic heterocycles. The van der Waals surface area contributed by atoms with Crippen molar-refractivity contribution in [2.45, 2.75) is 32.1 Å². The molecule has 7 nitrogen and oxygen atoms in total. The molecule has 1 N–H and O–H groups in total. The van der Waals surface area contributed by atoms with E-state index >= 15 is 0 Å². The molecule has 2 heterocycles. The predicted octanol–water partition coefficient (Wildman–Crippen LogP) is 5.73.